The maximum atomic E-state index is 12.2. The Morgan fingerprint density at radius 1 is 1.33 bits per heavy atom. The van der Waals surface area contributed by atoms with Crippen molar-refractivity contribution in [2.75, 3.05) is 18.9 Å². The van der Waals surface area contributed by atoms with Crippen molar-refractivity contribution in [2.24, 2.45) is 0 Å². The van der Waals surface area contributed by atoms with Gasteiger partial charge in [0.05, 0.1) is 23.0 Å². The van der Waals surface area contributed by atoms with E-state index >= 15 is 0 Å². The van der Waals surface area contributed by atoms with Crippen LogP contribution in [0, 0.1) is 0 Å². The van der Waals surface area contributed by atoms with Gasteiger partial charge < -0.3 is 10.2 Å². The lowest BCUT2D eigenvalue weighted by Crippen LogP contribution is -3.10. The fourth-order valence-electron chi connectivity index (χ4n) is 2.37. The van der Waals surface area contributed by atoms with Crippen LogP contribution in [0.5, 0.6) is 0 Å². The van der Waals surface area contributed by atoms with E-state index in [1.807, 2.05) is 25.2 Å². The van der Waals surface area contributed by atoms with E-state index in [1.54, 1.807) is 29.7 Å². The number of carbonyl (C=O) groups is 1. The minimum atomic E-state index is -0.102. The Morgan fingerprint density at radius 2 is 2.12 bits per heavy atom. The molecular formula is C17H18ClN4OS+. The molecule has 2 N–H and O–H groups in total. The van der Waals surface area contributed by atoms with Crippen molar-refractivity contribution >= 4 is 44.7 Å². The molecule has 1 amide bonds. The van der Waals surface area contributed by atoms with Crippen molar-refractivity contribution in [3.63, 3.8) is 0 Å². The summed E-state index contributed by atoms with van der Waals surface area (Å²) in [4.78, 5) is 21.9. The highest BCUT2D eigenvalue weighted by molar-refractivity contribution is 7.18. The minimum absolute atomic E-state index is 0.102. The van der Waals surface area contributed by atoms with Crippen LogP contribution in [0.25, 0.3) is 10.2 Å². The minimum Gasteiger partial charge on any atom is -0.322 e. The first-order chi connectivity index (χ1) is 11.5. The van der Waals surface area contributed by atoms with Crippen LogP contribution in [-0.2, 0) is 4.79 Å². The van der Waals surface area contributed by atoms with E-state index in [9.17, 15) is 4.79 Å². The van der Waals surface area contributed by atoms with Gasteiger partial charge in [0.15, 0.2) is 16.7 Å². The van der Waals surface area contributed by atoms with Crippen LogP contribution >= 0.6 is 22.9 Å². The van der Waals surface area contributed by atoms with E-state index < -0.39 is 0 Å². The summed E-state index contributed by atoms with van der Waals surface area (Å²) in [6.07, 6.45) is 1.59. The number of benzene rings is 1. The molecule has 1 aromatic carbocycles. The molecular weight excluding hydrogens is 344 g/mol. The standard InChI is InChI=1S/C17H17ClN4OS/c1-11(17-21-12-6-3-4-8-14(12)24-17)22(2)10-15(23)20-13-7-5-9-19-16(13)18/h3-9,11H,10H2,1-2H3,(H,20,23)/p+1/t11-/m1/s1. The third-order valence-corrected chi connectivity index (χ3v) is 5.41. The lowest BCUT2D eigenvalue weighted by molar-refractivity contribution is -0.902. The zero-order chi connectivity index (χ0) is 17.1. The number of quaternary nitrogens is 1. The second kappa shape index (κ2) is 7.25. The fraction of sp³-hybridized carbons (Fsp3) is 0.235. The van der Waals surface area contributed by atoms with Crippen LogP contribution in [0.1, 0.15) is 18.0 Å². The molecule has 24 heavy (non-hydrogen) atoms. The predicted molar refractivity (Wildman–Crippen MR) is 97.7 cm³/mol. The monoisotopic (exact) mass is 361 g/mol. The van der Waals surface area contributed by atoms with Gasteiger partial charge in [0, 0.05) is 6.20 Å². The highest BCUT2D eigenvalue weighted by Crippen LogP contribution is 2.24. The maximum Gasteiger partial charge on any atom is 0.279 e. The van der Waals surface area contributed by atoms with Gasteiger partial charge in [0.2, 0.25) is 0 Å². The molecule has 0 aliphatic carbocycles. The summed E-state index contributed by atoms with van der Waals surface area (Å²) in [5.74, 6) is -0.102. The summed E-state index contributed by atoms with van der Waals surface area (Å²) in [5, 5.41) is 4.13. The average Bonchev–Trinajstić information content (AvgIpc) is 3.00. The molecule has 3 rings (SSSR count). The molecule has 0 aliphatic rings. The number of thiazole rings is 1. The molecule has 0 fully saturated rings. The summed E-state index contributed by atoms with van der Waals surface area (Å²) < 4.78 is 1.17. The fourth-order valence-corrected chi connectivity index (χ4v) is 3.64. The normalized spacial score (nSPS) is 13.6. The van der Waals surface area contributed by atoms with Crippen molar-refractivity contribution in [1.82, 2.24) is 9.97 Å². The van der Waals surface area contributed by atoms with E-state index in [2.05, 4.69) is 28.3 Å². The first kappa shape index (κ1) is 16.8. The van der Waals surface area contributed by atoms with Crippen molar-refractivity contribution < 1.29 is 9.69 Å². The number of pyridine rings is 1. The maximum absolute atomic E-state index is 12.2. The summed E-state index contributed by atoms with van der Waals surface area (Å²) in [6.45, 7) is 2.40. The number of amides is 1. The first-order valence-electron chi connectivity index (χ1n) is 7.62. The van der Waals surface area contributed by atoms with E-state index in [1.165, 1.54) is 4.70 Å². The number of likely N-dealkylation sites (N-methyl/N-ethyl adjacent to an activating group) is 1. The summed E-state index contributed by atoms with van der Waals surface area (Å²) >= 11 is 7.64. The van der Waals surface area contributed by atoms with Crippen LogP contribution in [0.4, 0.5) is 5.69 Å². The van der Waals surface area contributed by atoms with Crippen LogP contribution in [0.15, 0.2) is 42.6 Å². The van der Waals surface area contributed by atoms with Gasteiger partial charge in [0.1, 0.15) is 6.04 Å². The largest absolute Gasteiger partial charge is 0.322 e. The number of nitrogens with zero attached hydrogens (tertiary/aromatic N) is 2. The number of aromatic nitrogens is 2. The van der Waals surface area contributed by atoms with Crippen molar-refractivity contribution in [3.8, 4) is 0 Å². The molecule has 5 nitrogen and oxygen atoms in total. The molecule has 7 heteroatoms. The number of anilines is 1. The predicted octanol–water partition coefficient (Wildman–Crippen LogP) is 2.56. The Morgan fingerprint density at radius 3 is 2.88 bits per heavy atom. The second-order valence-electron chi connectivity index (χ2n) is 5.65. The molecule has 0 radical (unpaired) electrons. The Hall–Kier alpha value is -2.02. The zero-order valence-electron chi connectivity index (χ0n) is 13.4. The third-order valence-electron chi connectivity index (χ3n) is 3.89. The van der Waals surface area contributed by atoms with E-state index in [0.29, 0.717) is 17.4 Å². The number of para-hydroxylation sites is 1. The molecule has 0 spiro atoms. The van der Waals surface area contributed by atoms with Gasteiger partial charge in [-0.05, 0) is 31.2 Å². The Kier molecular flexibility index (Phi) is 5.08. The molecule has 124 valence electrons. The number of hydrogen-bond donors (Lipinski definition) is 2. The lowest BCUT2D eigenvalue weighted by Gasteiger charge is -2.19. The molecule has 0 saturated heterocycles. The van der Waals surface area contributed by atoms with E-state index in [0.717, 1.165) is 15.4 Å². The van der Waals surface area contributed by atoms with Crippen LogP contribution < -0.4 is 10.2 Å². The molecule has 0 bridgehead atoms. The van der Waals surface area contributed by atoms with Gasteiger partial charge in [-0.3, -0.25) is 4.79 Å². The number of hydrogen-bond acceptors (Lipinski definition) is 4. The SMILES string of the molecule is C[C@H](c1nc2ccccc2s1)[NH+](C)CC(=O)Nc1cccnc1Cl. The van der Waals surface area contributed by atoms with Gasteiger partial charge in [-0.2, -0.15) is 0 Å². The second-order valence-corrected chi connectivity index (χ2v) is 7.07. The Labute approximate surface area is 149 Å². The Bertz CT molecular complexity index is 833. The topological polar surface area (TPSA) is 59.3 Å². The van der Waals surface area contributed by atoms with Gasteiger partial charge in [0.25, 0.3) is 5.91 Å². The van der Waals surface area contributed by atoms with E-state index in [4.69, 9.17) is 11.6 Å². The number of rotatable bonds is 5. The van der Waals surface area contributed by atoms with Crippen LogP contribution in [0.2, 0.25) is 5.15 Å². The van der Waals surface area contributed by atoms with E-state index in [-0.39, 0.29) is 11.9 Å². The van der Waals surface area contributed by atoms with Gasteiger partial charge in [-0.25, -0.2) is 9.97 Å². The summed E-state index contributed by atoms with van der Waals surface area (Å²) in [7, 11) is 1.99. The summed E-state index contributed by atoms with van der Waals surface area (Å²) in [5.41, 5.74) is 1.54. The third kappa shape index (κ3) is 3.72. The number of halogens is 1. The number of fused-ring (bicyclic) bond motifs is 1. The molecule has 2 atom stereocenters. The smallest absolute Gasteiger partial charge is 0.279 e. The number of carbonyl (C=O) groups excluding carboxylic acids is 1. The van der Waals surface area contributed by atoms with Gasteiger partial charge >= 0.3 is 0 Å². The van der Waals surface area contributed by atoms with Gasteiger partial charge in [-0.15, -0.1) is 11.3 Å². The Balaban J connectivity index is 1.66. The summed E-state index contributed by atoms with van der Waals surface area (Å²) in [6, 6.07) is 11.7. The molecule has 2 aromatic heterocycles. The molecule has 2 heterocycles. The molecule has 0 saturated carbocycles. The average molecular weight is 362 g/mol. The molecule has 0 aliphatic heterocycles. The van der Waals surface area contributed by atoms with Crippen molar-refractivity contribution in [3.05, 3.63) is 52.8 Å². The highest BCUT2D eigenvalue weighted by atomic mass is 35.5. The zero-order valence-corrected chi connectivity index (χ0v) is 15.0. The quantitative estimate of drug-likeness (QED) is 0.687. The highest BCUT2D eigenvalue weighted by Gasteiger charge is 2.22. The van der Waals surface area contributed by atoms with Crippen molar-refractivity contribution in [1.29, 1.82) is 0 Å². The first-order valence-corrected chi connectivity index (χ1v) is 8.82. The molecule has 1 unspecified atom stereocenters. The number of nitrogens with one attached hydrogen (secondary N) is 2. The molecule has 3 aromatic rings. The van der Waals surface area contributed by atoms with Crippen LogP contribution in [-0.4, -0.2) is 29.5 Å². The lowest BCUT2D eigenvalue weighted by atomic mass is 10.3. The van der Waals surface area contributed by atoms with Crippen LogP contribution in [0.3, 0.4) is 0 Å². The van der Waals surface area contributed by atoms with Gasteiger partial charge in [-0.1, -0.05) is 23.7 Å². The van der Waals surface area contributed by atoms with Crippen molar-refractivity contribution in [2.45, 2.75) is 13.0 Å².